The van der Waals surface area contributed by atoms with Gasteiger partial charge in [-0.2, -0.15) is 0 Å². The van der Waals surface area contributed by atoms with Gasteiger partial charge in [0.25, 0.3) is 0 Å². The van der Waals surface area contributed by atoms with Gasteiger partial charge < -0.3 is 29.4 Å². The van der Waals surface area contributed by atoms with Gasteiger partial charge in [-0.05, 0) is 81.5 Å². The van der Waals surface area contributed by atoms with E-state index in [-0.39, 0.29) is 18.9 Å². The number of amides is 3. The van der Waals surface area contributed by atoms with Gasteiger partial charge in [-0.1, -0.05) is 140 Å². The van der Waals surface area contributed by atoms with E-state index < -0.39 is 53.1 Å². The standard InChI is InChI=1S/C53H59N5O7/c1-36(2)47(50(61)63-8)56-48(59)45(32-42-33-57(35-54-42)53(39-18-12-9-13-19-39,40-20-14-10-15-21-40)41-22-16-11-17-23-41)55-49(60)46(34-64-44-30-26-38(4)27-31-44)58(51(62)65-52(5,6)7)43-28-24-37(3)25-29-43/h9-31,33,35-36,45-47H,32,34H2,1-8H3,(H,55,60)(H,56,59)/t45-,46-,47-/m0/s1. The van der Waals surface area contributed by atoms with Crippen LogP contribution in [0.25, 0.3) is 0 Å². The monoisotopic (exact) mass is 877 g/mol. The van der Waals surface area contributed by atoms with Crippen LogP contribution in [0.3, 0.4) is 0 Å². The molecule has 0 aliphatic heterocycles. The minimum absolute atomic E-state index is 0.104. The summed E-state index contributed by atoms with van der Waals surface area (Å²) in [7, 11) is 1.25. The Morgan fingerprint density at radius 2 is 1.20 bits per heavy atom. The summed E-state index contributed by atoms with van der Waals surface area (Å²) >= 11 is 0. The number of benzene rings is 5. The van der Waals surface area contributed by atoms with Crippen molar-refractivity contribution in [2.24, 2.45) is 5.92 Å². The van der Waals surface area contributed by atoms with Crippen molar-refractivity contribution in [2.45, 2.75) is 84.2 Å². The summed E-state index contributed by atoms with van der Waals surface area (Å²) in [4.78, 5) is 63.1. The molecule has 3 amide bonds. The molecule has 12 nitrogen and oxygen atoms in total. The molecule has 5 aromatic carbocycles. The fourth-order valence-corrected chi connectivity index (χ4v) is 7.71. The smallest absolute Gasteiger partial charge is 0.415 e. The normalized spacial score (nSPS) is 12.9. The summed E-state index contributed by atoms with van der Waals surface area (Å²) in [5.74, 6) is -1.90. The highest BCUT2D eigenvalue weighted by molar-refractivity contribution is 5.99. The number of hydrogen-bond donors (Lipinski definition) is 2. The second-order valence-corrected chi connectivity index (χ2v) is 17.4. The van der Waals surface area contributed by atoms with E-state index in [2.05, 4.69) is 47.0 Å². The molecule has 0 bridgehead atoms. The first-order chi connectivity index (χ1) is 31.1. The Morgan fingerprint density at radius 1 is 0.692 bits per heavy atom. The number of aryl methyl sites for hydroxylation is 2. The Labute approximate surface area is 382 Å². The van der Waals surface area contributed by atoms with Crippen molar-refractivity contribution < 1.29 is 33.4 Å². The number of aromatic nitrogens is 2. The van der Waals surface area contributed by atoms with E-state index in [1.807, 2.05) is 103 Å². The van der Waals surface area contributed by atoms with Crippen molar-refractivity contribution in [2.75, 3.05) is 18.6 Å². The van der Waals surface area contributed by atoms with E-state index in [9.17, 15) is 14.4 Å². The minimum Gasteiger partial charge on any atom is -0.491 e. The van der Waals surface area contributed by atoms with E-state index in [0.29, 0.717) is 17.1 Å². The third-order valence-electron chi connectivity index (χ3n) is 11.0. The van der Waals surface area contributed by atoms with Crippen LogP contribution in [0, 0.1) is 19.8 Å². The summed E-state index contributed by atoms with van der Waals surface area (Å²) in [6, 6.07) is 41.0. The van der Waals surface area contributed by atoms with Crippen LogP contribution >= 0.6 is 0 Å². The zero-order valence-corrected chi connectivity index (χ0v) is 38.4. The molecule has 0 aliphatic carbocycles. The van der Waals surface area contributed by atoms with Gasteiger partial charge in [-0.3, -0.25) is 14.5 Å². The molecular weight excluding hydrogens is 819 g/mol. The van der Waals surface area contributed by atoms with Crippen LogP contribution in [0.15, 0.2) is 152 Å². The molecule has 3 atom stereocenters. The molecule has 0 radical (unpaired) electrons. The molecule has 0 spiro atoms. The van der Waals surface area contributed by atoms with Crippen molar-refractivity contribution in [3.05, 3.63) is 186 Å². The molecule has 0 saturated heterocycles. The molecule has 1 heterocycles. The number of ether oxygens (including phenoxy) is 3. The van der Waals surface area contributed by atoms with E-state index in [1.54, 1.807) is 65.2 Å². The highest BCUT2D eigenvalue weighted by Crippen LogP contribution is 2.41. The van der Waals surface area contributed by atoms with Crippen LogP contribution < -0.4 is 20.3 Å². The predicted octanol–water partition coefficient (Wildman–Crippen LogP) is 8.57. The lowest BCUT2D eigenvalue weighted by atomic mass is 9.77. The van der Waals surface area contributed by atoms with E-state index >= 15 is 4.79 Å². The first-order valence-electron chi connectivity index (χ1n) is 21.8. The first kappa shape index (κ1) is 47.3. The van der Waals surface area contributed by atoms with Gasteiger partial charge in [0.1, 0.15) is 35.6 Å². The largest absolute Gasteiger partial charge is 0.491 e. The zero-order valence-electron chi connectivity index (χ0n) is 38.4. The molecule has 0 aliphatic rings. The maximum Gasteiger partial charge on any atom is 0.415 e. The number of imidazole rings is 1. The third-order valence-corrected chi connectivity index (χ3v) is 11.0. The maximum absolute atomic E-state index is 15.1. The average Bonchev–Trinajstić information content (AvgIpc) is 3.76. The first-order valence-corrected chi connectivity index (χ1v) is 21.8. The number of carbonyl (C=O) groups excluding carboxylic acids is 4. The Morgan fingerprint density at radius 3 is 1.68 bits per heavy atom. The maximum atomic E-state index is 15.1. The van der Waals surface area contributed by atoms with Crippen LogP contribution in [-0.2, 0) is 35.8 Å². The third kappa shape index (κ3) is 11.5. The number of carbonyl (C=O) groups is 4. The second-order valence-electron chi connectivity index (χ2n) is 17.4. The molecule has 2 N–H and O–H groups in total. The average molecular weight is 878 g/mol. The summed E-state index contributed by atoms with van der Waals surface area (Å²) < 4.78 is 19.2. The summed E-state index contributed by atoms with van der Waals surface area (Å²) in [5.41, 5.74) is 3.88. The van der Waals surface area contributed by atoms with Crippen LogP contribution in [0.4, 0.5) is 10.5 Å². The molecule has 1 aromatic heterocycles. The van der Waals surface area contributed by atoms with E-state index in [4.69, 9.17) is 19.2 Å². The van der Waals surface area contributed by atoms with Crippen LogP contribution in [0.1, 0.15) is 68.1 Å². The van der Waals surface area contributed by atoms with Gasteiger partial charge in [0.05, 0.1) is 19.1 Å². The fourth-order valence-electron chi connectivity index (χ4n) is 7.71. The van der Waals surface area contributed by atoms with Gasteiger partial charge in [0.2, 0.25) is 11.8 Å². The number of nitrogens with one attached hydrogen (secondary N) is 2. The molecular formula is C53H59N5O7. The minimum atomic E-state index is -1.36. The molecule has 6 aromatic rings. The van der Waals surface area contributed by atoms with Gasteiger partial charge in [-0.25, -0.2) is 14.6 Å². The van der Waals surface area contributed by atoms with Gasteiger partial charge >= 0.3 is 12.1 Å². The number of hydrogen-bond acceptors (Lipinski definition) is 8. The number of methoxy groups -OCH3 is 1. The molecule has 0 fully saturated rings. The van der Waals surface area contributed by atoms with Gasteiger partial charge in [-0.15, -0.1) is 0 Å². The lowest BCUT2D eigenvalue weighted by molar-refractivity contribution is -0.146. The zero-order chi connectivity index (χ0) is 46.7. The van der Waals surface area contributed by atoms with Gasteiger partial charge in [0, 0.05) is 18.3 Å². The molecule has 0 saturated carbocycles. The Balaban J connectivity index is 1.45. The predicted molar refractivity (Wildman–Crippen MR) is 252 cm³/mol. The molecule has 12 heteroatoms. The Kier molecular flexibility index (Phi) is 15.3. The Bertz CT molecular complexity index is 2410. The van der Waals surface area contributed by atoms with Crippen LogP contribution in [0.2, 0.25) is 0 Å². The molecule has 65 heavy (non-hydrogen) atoms. The molecule has 0 unspecified atom stereocenters. The summed E-state index contributed by atoms with van der Waals surface area (Å²) in [6.45, 7) is 12.3. The SMILES string of the molecule is COC(=O)[C@@H](NC(=O)[C@H](Cc1cn(C(c2ccccc2)(c2ccccc2)c2ccccc2)cn1)NC(=O)[C@H](COc1ccc(C)cc1)N(C(=O)OC(C)(C)C)c1ccc(C)cc1)C(C)C. The fraction of sp³-hybridized carbons (Fsp3) is 0.302. The van der Waals surface area contributed by atoms with Crippen molar-refractivity contribution in [1.29, 1.82) is 0 Å². The van der Waals surface area contributed by atoms with Crippen molar-refractivity contribution in [3.63, 3.8) is 0 Å². The van der Waals surface area contributed by atoms with Crippen molar-refractivity contribution in [1.82, 2.24) is 20.2 Å². The lowest BCUT2D eigenvalue weighted by Crippen LogP contribution is -2.59. The highest BCUT2D eigenvalue weighted by Gasteiger charge is 2.40. The van der Waals surface area contributed by atoms with Crippen molar-refractivity contribution >= 4 is 29.6 Å². The van der Waals surface area contributed by atoms with E-state index in [1.165, 1.54) is 12.0 Å². The van der Waals surface area contributed by atoms with E-state index in [0.717, 1.165) is 27.8 Å². The molecule has 6 rings (SSSR count). The van der Waals surface area contributed by atoms with Gasteiger partial charge in [0.15, 0.2) is 6.04 Å². The van der Waals surface area contributed by atoms with Crippen LogP contribution in [0.5, 0.6) is 5.75 Å². The lowest BCUT2D eigenvalue weighted by Gasteiger charge is -2.37. The highest BCUT2D eigenvalue weighted by atomic mass is 16.6. The Hall–Kier alpha value is -7.21. The quantitative estimate of drug-likeness (QED) is 0.0686. The van der Waals surface area contributed by atoms with Crippen LogP contribution in [-0.4, -0.2) is 70.9 Å². The number of esters is 1. The topological polar surface area (TPSA) is 141 Å². The van der Waals surface area contributed by atoms with Crippen molar-refractivity contribution in [3.8, 4) is 5.75 Å². The molecule has 338 valence electrons. The number of rotatable bonds is 17. The summed E-state index contributed by atoms with van der Waals surface area (Å²) in [6.07, 6.45) is 2.70. The number of nitrogens with zero attached hydrogens (tertiary/aromatic N) is 3. The second kappa shape index (κ2) is 21.0. The summed E-state index contributed by atoms with van der Waals surface area (Å²) in [5, 5.41) is 5.78. The number of anilines is 1.